The largest absolute Gasteiger partial charge is 0.396 e. The number of hydrogen-bond acceptors (Lipinski definition) is 4. The van der Waals surface area contributed by atoms with Gasteiger partial charge < -0.3 is 19.7 Å². The zero-order valence-corrected chi connectivity index (χ0v) is 11.9. The molecule has 4 nitrogen and oxygen atoms in total. The Bertz CT molecular complexity index is 204. The molecular weight excluding hydrogens is 244 g/mol. The van der Waals surface area contributed by atoms with Gasteiger partial charge in [-0.15, -0.1) is 13.2 Å². The number of rotatable bonds is 14. The highest BCUT2D eigenvalue weighted by Crippen LogP contribution is 2.17. The zero-order chi connectivity index (χ0) is 14.4. The van der Waals surface area contributed by atoms with Crippen molar-refractivity contribution in [2.45, 2.75) is 25.7 Å². The molecule has 2 N–H and O–H groups in total. The summed E-state index contributed by atoms with van der Waals surface area (Å²) in [6.07, 6.45) is 7.30. The van der Waals surface area contributed by atoms with Gasteiger partial charge in [-0.25, -0.2) is 0 Å². The number of aliphatic hydroxyl groups excluding tert-OH is 2. The van der Waals surface area contributed by atoms with E-state index in [2.05, 4.69) is 13.2 Å². The molecule has 0 aromatic carbocycles. The second kappa shape index (κ2) is 12.4. The average Bonchev–Trinajstić information content (AvgIpc) is 2.45. The van der Waals surface area contributed by atoms with Crippen molar-refractivity contribution in [3.05, 3.63) is 25.3 Å². The van der Waals surface area contributed by atoms with E-state index in [0.717, 1.165) is 25.7 Å². The highest BCUT2D eigenvalue weighted by Gasteiger charge is 2.29. The molecule has 0 heterocycles. The Labute approximate surface area is 116 Å². The standard InChI is InChI=1S/C15H28O4/c1-3-5-7-9-18-13-15(11-16,12-17)14-19-10-8-6-4-2/h3-4,16-17H,1-2,5-14H2. The summed E-state index contributed by atoms with van der Waals surface area (Å²) in [7, 11) is 0. The maximum absolute atomic E-state index is 9.43. The van der Waals surface area contributed by atoms with E-state index in [4.69, 9.17) is 9.47 Å². The number of ether oxygens (including phenoxy) is 2. The van der Waals surface area contributed by atoms with E-state index < -0.39 is 5.41 Å². The molecule has 0 fully saturated rings. The highest BCUT2D eigenvalue weighted by atomic mass is 16.5. The first-order valence-corrected chi connectivity index (χ1v) is 6.83. The Hall–Kier alpha value is -0.680. The van der Waals surface area contributed by atoms with Crippen LogP contribution in [0.25, 0.3) is 0 Å². The van der Waals surface area contributed by atoms with Crippen LogP contribution in [-0.4, -0.2) is 49.9 Å². The van der Waals surface area contributed by atoms with Crippen LogP contribution >= 0.6 is 0 Å². The lowest BCUT2D eigenvalue weighted by Gasteiger charge is -2.29. The van der Waals surface area contributed by atoms with E-state index in [9.17, 15) is 10.2 Å². The van der Waals surface area contributed by atoms with Crippen LogP contribution in [0.15, 0.2) is 25.3 Å². The molecule has 0 saturated carbocycles. The van der Waals surface area contributed by atoms with Gasteiger partial charge in [0.05, 0.1) is 31.8 Å². The van der Waals surface area contributed by atoms with Gasteiger partial charge in [0.2, 0.25) is 0 Å². The summed E-state index contributed by atoms with van der Waals surface area (Å²) in [4.78, 5) is 0. The Kier molecular flexibility index (Phi) is 11.9. The van der Waals surface area contributed by atoms with E-state index in [-0.39, 0.29) is 13.2 Å². The lowest BCUT2D eigenvalue weighted by molar-refractivity contribution is -0.0772. The van der Waals surface area contributed by atoms with E-state index in [0.29, 0.717) is 26.4 Å². The molecule has 0 radical (unpaired) electrons. The van der Waals surface area contributed by atoms with Gasteiger partial charge in [0.25, 0.3) is 0 Å². The van der Waals surface area contributed by atoms with E-state index in [1.54, 1.807) is 0 Å². The first-order chi connectivity index (χ1) is 9.24. The van der Waals surface area contributed by atoms with Gasteiger partial charge in [-0.3, -0.25) is 0 Å². The fraction of sp³-hybridized carbons (Fsp3) is 0.733. The van der Waals surface area contributed by atoms with Gasteiger partial charge in [0.15, 0.2) is 0 Å². The van der Waals surface area contributed by atoms with E-state index >= 15 is 0 Å². The van der Waals surface area contributed by atoms with Crippen molar-refractivity contribution in [3.63, 3.8) is 0 Å². The molecule has 0 aliphatic heterocycles. The molecule has 0 bridgehead atoms. The third kappa shape index (κ3) is 8.94. The highest BCUT2D eigenvalue weighted by molar-refractivity contribution is 4.77. The first-order valence-electron chi connectivity index (χ1n) is 6.83. The van der Waals surface area contributed by atoms with Crippen molar-refractivity contribution in [2.24, 2.45) is 5.41 Å². The smallest absolute Gasteiger partial charge is 0.0632 e. The zero-order valence-electron chi connectivity index (χ0n) is 11.9. The molecule has 4 heteroatoms. The summed E-state index contributed by atoms with van der Waals surface area (Å²) in [5, 5.41) is 18.9. The lowest BCUT2D eigenvalue weighted by Crippen LogP contribution is -2.40. The quantitative estimate of drug-likeness (QED) is 0.375. The maximum Gasteiger partial charge on any atom is 0.0632 e. The maximum atomic E-state index is 9.43. The molecule has 0 spiro atoms. The molecule has 0 aliphatic carbocycles. The molecule has 0 saturated heterocycles. The fourth-order valence-electron chi connectivity index (χ4n) is 1.51. The summed E-state index contributed by atoms with van der Waals surface area (Å²) in [5.74, 6) is 0. The van der Waals surface area contributed by atoms with E-state index in [1.807, 2.05) is 12.2 Å². The molecule has 0 atom stereocenters. The van der Waals surface area contributed by atoms with Crippen molar-refractivity contribution in [3.8, 4) is 0 Å². The van der Waals surface area contributed by atoms with Gasteiger partial charge in [0.1, 0.15) is 0 Å². The Morgan fingerprint density at radius 3 is 1.58 bits per heavy atom. The van der Waals surface area contributed by atoms with Crippen LogP contribution in [0.4, 0.5) is 0 Å². The van der Waals surface area contributed by atoms with Gasteiger partial charge in [-0.1, -0.05) is 12.2 Å². The van der Waals surface area contributed by atoms with Crippen molar-refractivity contribution in [1.29, 1.82) is 0 Å². The van der Waals surface area contributed by atoms with Crippen molar-refractivity contribution in [2.75, 3.05) is 39.6 Å². The van der Waals surface area contributed by atoms with Crippen LogP contribution in [0.3, 0.4) is 0 Å². The molecule has 19 heavy (non-hydrogen) atoms. The van der Waals surface area contributed by atoms with Crippen LogP contribution in [0.5, 0.6) is 0 Å². The molecule has 0 aliphatic rings. The topological polar surface area (TPSA) is 58.9 Å². The van der Waals surface area contributed by atoms with E-state index in [1.165, 1.54) is 0 Å². The Balaban J connectivity index is 3.89. The van der Waals surface area contributed by atoms with Gasteiger partial charge >= 0.3 is 0 Å². The monoisotopic (exact) mass is 272 g/mol. The van der Waals surface area contributed by atoms with Gasteiger partial charge in [0, 0.05) is 13.2 Å². The normalized spacial score (nSPS) is 11.5. The van der Waals surface area contributed by atoms with Crippen LogP contribution in [0.2, 0.25) is 0 Å². The number of unbranched alkanes of at least 4 members (excludes halogenated alkanes) is 2. The predicted octanol–water partition coefficient (Wildman–Crippen LogP) is 1.92. The minimum atomic E-state index is -0.706. The molecule has 0 rings (SSSR count). The van der Waals surface area contributed by atoms with Crippen LogP contribution in [0.1, 0.15) is 25.7 Å². The van der Waals surface area contributed by atoms with Gasteiger partial charge in [-0.2, -0.15) is 0 Å². The van der Waals surface area contributed by atoms with Crippen molar-refractivity contribution < 1.29 is 19.7 Å². The van der Waals surface area contributed by atoms with Crippen molar-refractivity contribution >= 4 is 0 Å². The van der Waals surface area contributed by atoms with Crippen LogP contribution < -0.4 is 0 Å². The number of hydrogen-bond donors (Lipinski definition) is 2. The minimum Gasteiger partial charge on any atom is -0.396 e. The summed E-state index contributed by atoms with van der Waals surface area (Å²) in [5.41, 5.74) is -0.706. The summed E-state index contributed by atoms with van der Waals surface area (Å²) in [6.45, 7) is 8.80. The van der Waals surface area contributed by atoms with Crippen LogP contribution in [0, 0.1) is 5.41 Å². The number of allylic oxidation sites excluding steroid dienone is 2. The Morgan fingerprint density at radius 1 is 0.842 bits per heavy atom. The second-order valence-corrected chi connectivity index (χ2v) is 4.78. The molecular formula is C15H28O4. The fourth-order valence-corrected chi connectivity index (χ4v) is 1.51. The summed E-state index contributed by atoms with van der Waals surface area (Å²) < 4.78 is 11.0. The summed E-state index contributed by atoms with van der Waals surface area (Å²) >= 11 is 0. The third-order valence-electron chi connectivity index (χ3n) is 2.88. The summed E-state index contributed by atoms with van der Waals surface area (Å²) in [6, 6.07) is 0. The Morgan fingerprint density at radius 2 is 1.26 bits per heavy atom. The molecule has 0 amide bonds. The SMILES string of the molecule is C=CCCCOCC(CO)(CO)COCCCC=C. The molecule has 112 valence electrons. The predicted molar refractivity (Wildman–Crippen MR) is 77.1 cm³/mol. The lowest BCUT2D eigenvalue weighted by atomic mass is 9.92. The first kappa shape index (κ1) is 18.3. The third-order valence-corrected chi connectivity index (χ3v) is 2.88. The second-order valence-electron chi connectivity index (χ2n) is 4.78. The molecule has 0 aromatic rings. The van der Waals surface area contributed by atoms with Gasteiger partial charge in [-0.05, 0) is 25.7 Å². The molecule has 0 unspecified atom stereocenters. The number of aliphatic hydroxyl groups is 2. The van der Waals surface area contributed by atoms with Crippen molar-refractivity contribution in [1.82, 2.24) is 0 Å². The average molecular weight is 272 g/mol. The van der Waals surface area contributed by atoms with Crippen LogP contribution in [-0.2, 0) is 9.47 Å². The minimum absolute atomic E-state index is 0.146. The molecule has 0 aromatic heterocycles.